The molecule has 0 fully saturated rings. The van der Waals surface area contributed by atoms with Crippen LogP contribution in [-0.2, 0) is 78.2 Å². The second-order valence-electron chi connectivity index (χ2n) is 9.50. The van der Waals surface area contributed by atoms with Crippen LogP contribution in [0.4, 0.5) is 0 Å². The maximum absolute atomic E-state index is 11.4. The van der Waals surface area contributed by atoms with Crippen molar-refractivity contribution in [3.05, 3.63) is 150 Å². The smallest absolute Gasteiger partial charge is 0.507 e. The van der Waals surface area contributed by atoms with Crippen molar-refractivity contribution in [3.8, 4) is 5.75 Å². The zero-order valence-electron chi connectivity index (χ0n) is 23.3. The van der Waals surface area contributed by atoms with Crippen LogP contribution in [0.2, 0.25) is 0 Å². The first-order valence-electron chi connectivity index (χ1n) is 13.1. The molecule has 0 saturated heterocycles. The van der Waals surface area contributed by atoms with Crippen LogP contribution in [0.1, 0.15) is 33.9 Å². The third kappa shape index (κ3) is 9.98. The van der Waals surface area contributed by atoms with E-state index in [9.17, 15) is 5.11 Å². The van der Waals surface area contributed by atoms with Crippen LogP contribution in [0.5, 0.6) is 5.75 Å². The fourth-order valence-corrected chi connectivity index (χ4v) is 4.60. The number of hydrogen-bond donors (Lipinski definition) is 1. The van der Waals surface area contributed by atoms with E-state index in [1.165, 1.54) is 0 Å². The van der Waals surface area contributed by atoms with Crippen molar-refractivity contribution in [1.29, 1.82) is 0 Å². The number of benzene rings is 1. The zero-order chi connectivity index (χ0) is 26.7. The fourth-order valence-electron chi connectivity index (χ4n) is 4.60. The SMILES string of the molecule is Oc1c(CN(Cc2ccccn2)Cc2ccccn2)cccc1CN(Cc1ccccn1)Cc1ccccn1.[Zn+2].[Zn]. The van der Waals surface area contributed by atoms with Crippen LogP contribution in [-0.4, -0.2) is 34.8 Å². The Kier molecular flexibility index (Phi) is 13.3. The number of rotatable bonds is 12. The number of pyridine rings is 4. The van der Waals surface area contributed by atoms with Crippen LogP contribution in [0.25, 0.3) is 0 Å². The first kappa shape index (κ1) is 32.3. The van der Waals surface area contributed by atoms with Gasteiger partial charge >= 0.3 is 19.5 Å². The van der Waals surface area contributed by atoms with E-state index < -0.39 is 0 Å². The topological polar surface area (TPSA) is 78.3 Å². The zero-order valence-corrected chi connectivity index (χ0v) is 29.2. The standard InChI is InChI=1S/C32H32N6O.2Zn/c39-32-26(20-37(22-28-12-1-5-16-33-28)23-29-13-2-6-17-34-29)10-9-11-27(32)21-38(24-30-14-3-7-18-35-30)25-31-15-4-8-19-36-31;;/h1-19,39H,20-25H2;;/q;;+2. The van der Waals surface area contributed by atoms with Crippen LogP contribution in [0.3, 0.4) is 0 Å². The first-order valence-corrected chi connectivity index (χ1v) is 13.1. The van der Waals surface area contributed by atoms with Crippen molar-refractivity contribution in [1.82, 2.24) is 29.7 Å². The Morgan fingerprint density at radius 2 is 0.756 bits per heavy atom. The van der Waals surface area contributed by atoms with Gasteiger partial charge < -0.3 is 5.11 Å². The Hall–Kier alpha value is -3.21. The van der Waals surface area contributed by atoms with E-state index in [0.29, 0.717) is 45.0 Å². The van der Waals surface area contributed by atoms with E-state index >= 15 is 0 Å². The molecule has 4 heterocycles. The van der Waals surface area contributed by atoms with E-state index in [1.54, 1.807) is 0 Å². The van der Waals surface area contributed by atoms with E-state index in [0.717, 1.165) is 33.9 Å². The number of nitrogens with zero attached hydrogens (tertiary/aromatic N) is 6. The van der Waals surface area contributed by atoms with Gasteiger partial charge in [0.05, 0.1) is 22.8 Å². The Balaban J connectivity index is 0.00000231. The summed E-state index contributed by atoms with van der Waals surface area (Å²) in [5.74, 6) is 0.316. The third-order valence-corrected chi connectivity index (χ3v) is 6.44. The molecule has 9 heteroatoms. The summed E-state index contributed by atoms with van der Waals surface area (Å²) in [6.07, 6.45) is 7.24. The minimum atomic E-state index is 0. The first-order chi connectivity index (χ1) is 19.2. The second-order valence-corrected chi connectivity index (χ2v) is 9.50. The van der Waals surface area contributed by atoms with Crippen LogP contribution < -0.4 is 0 Å². The average Bonchev–Trinajstić information content (AvgIpc) is 2.97. The average molecular weight is 647 g/mol. The molecule has 5 aromatic rings. The summed E-state index contributed by atoms with van der Waals surface area (Å²) in [4.78, 5) is 22.6. The molecule has 5 rings (SSSR count). The van der Waals surface area contributed by atoms with Gasteiger partial charge in [-0.05, 0) is 48.5 Å². The largest absolute Gasteiger partial charge is 2.00 e. The van der Waals surface area contributed by atoms with Crippen LogP contribution >= 0.6 is 0 Å². The summed E-state index contributed by atoms with van der Waals surface area (Å²) in [7, 11) is 0. The van der Waals surface area contributed by atoms with Gasteiger partial charge in [-0.2, -0.15) is 0 Å². The maximum atomic E-state index is 11.4. The number of phenols is 1. The van der Waals surface area contributed by atoms with Gasteiger partial charge in [-0.1, -0.05) is 42.5 Å². The van der Waals surface area contributed by atoms with Crippen molar-refractivity contribution < 1.29 is 44.1 Å². The minimum Gasteiger partial charge on any atom is -0.507 e. The van der Waals surface area contributed by atoms with E-state index in [-0.39, 0.29) is 39.0 Å². The Labute approximate surface area is 267 Å². The quantitative estimate of drug-likeness (QED) is 0.183. The molecule has 0 atom stereocenters. The summed E-state index contributed by atoms with van der Waals surface area (Å²) in [5, 5.41) is 11.4. The predicted molar refractivity (Wildman–Crippen MR) is 151 cm³/mol. The van der Waals surface area contributed by atoms with E-state index in [1.807, 2.05) is 116 Å². The van der Waals surface area contributed by atoms with Gasteiger partial charge in [-0.3, -0.25) is 29.7 Å². The summed E-state index contributed by atoms with van der Waals surface area (Å²) in [6.45, 7) is 3.71. The number of aromatic nitrogens is 4. The van der Waals surface area contributed by atoms with Crippen molar-refractivity contribution in [2.75, 3.05) is 0 Å². The summed E-state index contributed by atoms with van der Waals surface area (Å²) in [6, 6.07) is 29.8. The second kappa shape index (κ2) is 16.9. The van der Waals surface area contributed by atoms with Gasteiger partial charge in [0.15, 0.2) is 0 Å². The van der Waals surface area contributed by atoms with Crippen molar-refractivity contribution in [3.63, 3.8) is 0 Å². The Morgan fingerprint density at radius 1 is 0.439 bits per heavy atom. The molecule has 0 bridgehead atoms. The molecule has 7 nitrogen and oxygen atoms in total. The molecule has 1 N–H and O–H groups in total. The Morgan fingerprint density at radius 3 is 1.02 bits per heavy atom. The van der Waals surface area contributed by atoms with Crippen molar-refractivity contribution >= 4 is 0 Å². The Bertz CT molecular complexity index is 1240. The molecule has 4 aromatic heterocycles. The van der Waals surface area contributed by atoms with Crippen molar-refractivity contribution in [2.24, 2.45) is 0 Å². The number of phenolic OH excluding ortho intramolecular Hbond substituents is 1. The molecule has 0 aliphatic rings. The van der Waals surface area contributed by atoms with Gasteiger partial charge in [0.1, 0.15) is 5.75 Å². The van der Waals surface area contributed by atoms with Crippen LogP contribution in [0, 0.1) is 0 Å². The number of aromatic hydroxyl groups is 1. The van der Waals surface area contributed by atoms with Gasteiger partial charge in [0.2, 0.25) is 0 Å². The molecule has 0 aliphatic carbocycles. The maximum Gasteiger partial charge on any atom is 2.00 e. The summed E-state index contributed by atoms with van der Waals surface area (Å²) in [5.41, 5.74) is 5.63. The predicted octanol–water partition coefficient (Wildman–Crippen LogP) is 5.37. The van der Waals surface area contributed by atoms with Crippen LogP contribution in [0.15, 0.2) is 116 Å². The summed E-state index contributed by atoms with van der Waals surface area (Å²) >= 11 is 0. The van der Waals surface area contributed by atoms with Gasteiger partial charge in [0.25, 0.3) is 0 Å². The minimum absolute atomic E-state index is 0. The molecule has 1 aromatic carbocycles. The fraction of sp³-hybridized carbons (Fsp3) is 0.188. The molecule has 41 heavy (non-hydrogen) atoms. The van der Waals surface area contributed by atoms with Crippen molar-refractivity contribution in [2.45, 2.75) is 39.3 Å². The molecular formula is C32H32N6OZn2+2. The molecule has 0 aliphatic heterocycles. The molecule has 0 spiro atoms. The van der Waals surface area contributed by atoms with Gasteiger partial charge in [0, 0.05) is 94.7 Å². The van der Waals surface area contributed by atoms with Gasteiger partial charge in [-0.25, -0.2) is 0 Å². The molecule has 0 unspecified atom stereocenters. The third-order valence-electron chi connectivity index (χ3n) is 6.44. The number of para-hydroxylation sites is 1. The molecule has 198 valence electrons. The molecule has 0 radical (unpaired) electrons. The number of hydrogen-bond acceptors (Lipinski definition) is 7. The molecule has 0 saturated carbocycles. The normalized spacial score (nSPS) is 10.7. The van der Waals surface area contributed by atoms with Gasteiger partial charge in [-0.15, -0.1) is 0 Å². The molecular weight excluding hydrogens is 615 g/mol. The van der Waals surface area contributed by atoms with E-state index in [4.69, 9.17) is 0 Å². The van der Waals surface area contributed by atoms with E-state index in [2.05, 4.69) is 29.7 Å². The summed E-state index contributed by atoms with van der Waals surface area (Å²) < 4.78 is 0. The molecule has 0 amide bonds. The monoisotopic (exact) mass is 644 g/mol.